The fourth-order valence-corrected chi connectivity index (χ4v) is 2.51. The van der Waals surface area contributed by atoms with Crippen molar-refractivity contribution in [2.24, 2.45) is 0 Å². The summed E-state index contributed by atoms with van der Waals surface area (Å²) in [6, 6.07) is 17.4. The predicted octanol–water partition coefficient (Wildman–Crippen LogP) is 3.32. The molecule has 2 heterocycles. The molecule has 23 heavy (non-hydrogen) atoms. The summed E-state index contributed by atoms with van der Waals surface area (Å²) >= 11 is 0. The minimum Gasteiger partial charge on any atom is -0.467 e. The highest BCUT2D eigenvalue weighted by Gasteiger charge is 2.21. The van der Waals surface area contributed by atoms with Crippen molar-refractivity contribution in [2.45, 2.75) is 18.9 Å². The van der Waals surface area contributed by atoms with Gasteiger partial charge in [-0.15, -0.1) is 0 Å². The predicted molar refractivity (Wildman–Crippen MR) is 87.7 cm³/mol. The summed E-state index contributed by atoms with van der Waals surface area (Å²) in [4.78, 5) is 16.7. The molecule has 1 aromatic carbocycles. The summed E-state index contributed by atoms with van der Waals surface area (Å²) in [7, 11) is 0. The zero-order valence-corrected chi connectivity index (χ0v) is 12.7. The summed E-state index contributed by atoms with van der Waals surface area (Å²) in [6.45, 7) is 0.394. The fraction of sp³-hybridized carbons (Fsp3) is 0.158. The minimum atomic E-state index is -0.242. The zero-order chi connectivity index (χ0) is 15.9. The van der Waals surface area contributed by atoms with Gasteiger partial charge in [-0.25, -0.2) is 0 Å². The Kier molecular flexibility index (Phi) is 4.84. The van der Waals surface area contributed by atoms with Crippen molar-refractivity contribution < 1.29 is 9.21 Å². The number of hydrogen-bond acceptors (Lipinski definition) is 3. The molecule has 0 fully saturated rings. The lowest BCUT2D eigenvalue weighted by molar-refractivity contribution is -0.122. The van der Waals surface area contributed by atoms with E-state index in [2.05, 4.69) is 10.3 Å². The fourth-order valence-electron chi connectivity index (χ4n) is 2.51. The average Bonchev–Trinajstić information content (AvgIpc) is 3.13. The van der Waals surface area contributed by atoms with Gasteiger partial charge in [-0.05, 0) is 41.8 Å². The Morgan fingerprint density at radius 3 is 2.52 bits per heavy atom. The Labute approximate surface area is 135 Å². The Morgan fingerprint density at radius 1 is 1.04 bits per heavy atom. The van der Waals surface area contributed by atoms with E-state index < -0.39 is 0 Å². The largest absolute Gasteiger partial charge is 0.467 e. The molecular weight excluding hydrogens is 288 g/mol. The molecule has 3 rings (SSSR count). The SMILES string of the molecule is O=C(NCc1ccco1)C(Cc1ccncc1)c1ccccc1. The number of nitrogens with zero attached hydrogens (tertiary/aromatic N) is 1. The standard InChI is InChI=1S/C19H18N2O2/c22-19(21-14-17-7-4-12-23-17)18(16-5-2-1-3-6-16)13-15-8-10-20-11-9-15/h1-12,18H,13-14H2,(H,21,22). The van der Waals surface area contributed by atoms with Gasteiger partial charge in [-0.3, -0.25) is 9.78 Å². The van der Waals surface area contributed by atoms with Crippen LogP contribution in [0, 0.1) is 0 Å². The van der Waals surface area contributed by atoms with Crippen molar-refractivity contribution in [3.63, 3.8) is 0 Å². The number of aromatic nitrogens is 1. The Hall–Kier alpha value is -2.88. The van der Waals surface area contributed by atoms with Gasteiger partial charge in [0, 0.05) is 12.4 Å². The zero-order valence-electron chi connectivity index (χ0n) is 12.7. The van der Waals surface area contributed by atoms with Crippen molar-refractivity contribution in [3.8, 4) is 0 Å². The summed E-state index contributed by atoms with van der Waals surface area (Å²) in [5.41, 5.74) is 2.09. The van der Waals surface area contributed by atoms with Crippen molar-refractivity contribution >= 4 is 5.91 Å². The molecule has 0 aliphatic carbocycles. The monoisotopic (exact) mass is 306 g/mol. The molecule has 0 aliphatic heterocycles. The maximum absolute atomic E-state index is 12.7. The molecule has 4 nitrogen and oxygen atoms in total. The van der Waals surface area contributed by atoms with Gasteiger partial charge in [-0.2, -0.15) is 0 Å². The van der Waals surface area contributed by atoms with Gasteiger partial charge in [0.15, 0.2) is 0 Å². The number of rotatable bonds is 6. The molecule has 1 unspecified atom stereocenters. The second-order valence-electron chi connectivity index (χ2n) is 5.32. The number of carbonyl (C=O) groups excluding carboxylic acids is 1. The summed E-state index contributed by atoms with van der Waals surface area (Å²) < 4.78 is 5.26. The van der Waals surface area contributed by atoms with Gasteiger partial charge >= 0.3 is 0 Å². The topological polar surface area (TPSA) is 55.1 Å². The Balaban J connectivity index is 1.75. The van der Waals surface area contributed by atoms with Crippen LogP contribution < -0.4 is 5.32 Å². The van der Waals surface area contributed by atoms with Crippen molar-refractivity contribution in [1.82, 2.24) is 10.3 Å². The van der Waals surface area contributed by atoms with Crippen LogP contribution in [0.2, 0.25) is 0 Å². The highest BCUT2D eigenvalue weighted by atomic mass is 16.3. The van der Waals surface area contributed by atoms with Crippen LogP contribution in [-0.2, 0) is 17.8 Å². The number of hydrogen-bond donors (Lipinski definition) is 1. The molecule has 0 spiro atoms. The van der Waals surface area contributed by atoms with Crippen molar-refractivity contribution in [3.05, 3.63) is 90.1 Å². The van der Waals surface area contributed by atoms with E-state index >= 15 is 0 Å². The maximum atomic E-state index is 12.7. The van der Waals surface area contributed by atoms with E-state index in [1.54, 1.807) is 18.7 Å². The highest BCUT2D eigenvalue weighted by molar-refractivity contribution is 5.83. The van der Waals surface area contributed by atoms with Gasteiger partial charge in [0.1, 0.15) is 5.76 Å². The minimum absolute atomic E-state index is 0.00980. The first-order valence-electron chi connectivity index (χ1n) is 7.57. The van der Waals surface area contributed by atoms with Crippen LogP contribution in [0.3, 0.4) is 0 Å². The lowest BCUT2D eigenvalue weighted by atomic mass is 9.91. The second kappa shape index (κ2) is 7.40. The summed E-state index contributed by atoms with van der Waals surface area (Å²) in [5.74, 6) is 0.493. The molecule has 0 radical (unpaired) electrons. The molecular formula is C19H18N2O2. The molecule has 4 heteroatoms. The van der Waals surface area contributed by atoms with Crippen LogP contribution >= 0.6 is 0 Å². The quantitative estimate of drug-likeness (QED) is 0.760. The van der Waals surface area contributed by atoms with Gasteiger partial charge in [0.2, 0.25) is 5.91 Å². The smallest absolute Gasteiger partial charge is 0.228 e. The van der Waals surface area contributed by atoms with Crippen LogP contribution in [0.1, 0.15) is 22.8 Å². The van der Waals surface area contributed by atoms with Gasteiger partial charge < -0.3 is 9.73 Å². The van der Waals surface area contributed by atoms with Gasteiger partial charge in [0.25, 0.3) is 0 Å². The van der Waals surface area contributed by atoms with Crippen LogP contribution in [0.15, 0.2) is 77.7 Å². The first kappa shape index (κ1) is 15.0. The van der Waals surface area contributed by atoms with Crippen LogP contribution in [0.5, 0.6) is 0 Å². The molecule has 1 amide bonds. The number of nitrogens with one attached hydrogen (secondary N) is 1. The second-order valence-corrected chi connectivity index (χ2v) is 5.32. The first-order valence-corrected chi connectivity index (χ1v) is 7.57. The lowest BCUT2D eigenvalue weighted by Gasteiger charge is -2.17. The van der Waals surface area contributed by atoms with E-state index in [1.165, 1.54) is 0 Å². The number of benzene rings is 1. The third-order valence-corrected chi connectivity index (χ3v) is 3.72. The van der Waals surface area contributed by atoms with E-state index in [9.17, 15) is 4.79 Å². The normalized spacial score (nSPS) is 11.8. The van der Waals surface area contributed by atoms with Crippen molar-refractivity contribution in [2.75, 3.05) is 0 Å². The van der Waals surface area contributed by atoms with Crippen molar-refractivity contribution in [1.29, 1.82) is 0 Å². The molecule has 2 aromatic heterocycles. The van der Waals surface area contributed by atoms with E-state index in [4.69, 9.17) is 4.42 Å². The number of amides is 1. The molecule has 3 aromatic rings. The summed E-state index contributed by atoms with van der Waals surface area (Å²) in [6.07, 6.45) is 5.74. The van der Waals surface area contributed by atoms with Crippen LogP contribution in [0.25, 0.3) is 0 Å². The van der Waals surface area contributed by atoms with Gasteiger partial charge in [0.05, 0.1) is 18.7 Å². The summed E-state index contributed by atoms with van der Waals surface area (Å²) in [5, 5.41) is 2.96. The van der Waals surface area contributed by atoms with Crippen LogP contribution in [-0.4, -0.2) is 10.9 Å². The third-order valence-electron chi connectivity index (χ3n) is 3.72. The van der Waals surface area contributed by atoms with Crippen LogP contribution in [0.4, 0.5) is 0 Å². The molecule has 116 valence electrons. The molecule has 0 saturated carbocycles. The molecule has 1 N–H and O–H groups in total. The van der Waals surface area contributed by atoms with E-state index in [0.29, 0.717) is 13.0 Å². The molecule has 0 saturated heterocycles. The Bertz CT molecular complexity index is 725. The lowest BCUT2D eigenvalue weighted by Crippen LogP contribution is -2.30. The molecule has 1 atom stereocenters. The van der Waals surface area contributed by atoms with E-state index in [1.807, 2.05) is 54.6 Å². The number of furan rings is 1. The third kappa shape index (κ3) is 4.07. The number of pyridine rings is 1. The first-order chi connectivity index (χ1) is 11.3. The number of carbonyl (C=O) groups is 1. The van der Waals surface area contributed by atoms with Gasteiger partial charge in [-0.1, -0.05) is 30.3 Å². The molecule has 0 aliphatic rings. The highest BCUT2D eigenvalue weighted by Crippen LogP contribution is 2.21. The molecule has 0 bridgehead atoms. The van der Waals surface area contributed by atoms with E-state index in [0.717, 1.165) is 16.9 Å². The van der Waals surface area contributed by atoms with E-state index in [-0.39, 0.29) is 11.8 Å². The Morgan fingerprint density at radius 2 is 1.83 bits per heavy atom. The average molecular weight is 306 g/mol. The maximum Gasteiger partial charge on any atom is 0.228 e.